The normalized spacial score (nSPS) is 27.6. The van der Waals surface area contributed by atoms with Crippen LogP contribution in [0.15, 0.2) is 79.0 Å². The van der Waals surface area contributed by atoms with Crippen LogP contribution in [0.3, 0.4) is 0 Å². The number of nitro benzene ring substituents is 1. The van der Waals surface area contributed by atoms with Crippen molar-refractivity contribution in [3.63, 3.8) is 0 Å². The van der Waals surface area contributed by atoms with E-state index in [1.807, 2.05) is 48.5 Å². The van der Waals surface area contributed by atoms with E-state index in [-0.39, 0.29) is 29.4 Å². The first-order valence-corrected chi connectivity index (χ1v) is 9.54. The highest BCUT2D eigenvalue weighted by atomic mass is 16.6. The third kappa shape index (κ3) is 2.63. The molecule has 2 fully saturated rings. The molecule has 0 bridgehead atoms. The Morgan fingerprint density at radius 1 is 0.966 bits per heavy atom. The van der Waals surface area contributed by atoms with Gasteiger partial charge in [-0.1, -0.05) is 48.5 Å². The van der Waals surface area contributed by atoms with E-state index in [1.54, 1.807) is 18.3 Å². The zero-order chi connectivity index (χ0) is 20.0. The molecule has 6 nitrogen and oxygen atoms in total. The van der Waals surface area contributed by atoms with E-state index < -0.39 is 10.5 Å². The second-order valence-corrected chi connectivity index (χ2v) is 7.60. The fraction of sp³-hybridized carbons (Fsp3) is 0.217. The van der Waals surface area contributed by atoms with Crippen LogP contribution in [0.5, 0.6) is 0 Å². The van der Waals surface area contributed by atoms with Crippen molar-refractivity contribution >= 4 is 11.7 Å². The number of fused-ring (bicyclic) bond motifs is 1. The van der Waals surface area contributed by atoms with Crippen molar-refractivity contribution in [2.24, 2.45) is 5.92 Å². The van der Waals surface area contributed by atoms with E-state index >= 15 is 0 Å². The lowest BCUT2D eigenvalue weighted by Gasteiger charge is -2.44. The number of carbonyl (C=O) groups excluding carboxylic acids is 1. The summed E-state index contributed by atoms with van der Waals surface area (Å²) in [6.45, 7) is 0. The first kappa shape index (κ1) is 17.6. The second kappa shape index (κ2) is 6.51. The molecule has 144 valence electrons. The second-order valence-electron chi connectivity index (χ2n) is 7.60. The summed E-state index contributed by atoms with van der Waals surface area (Å²) in [6.07, 6.45) is 2.31. The number of hydrogen-bond acceptors (Lipinski definition) is 5. The van der Waals surface area contributed by atoms with Gasteiger partial charge in [0, 0.05) is 30.7 Å². The molecule has 2 aliphatic rings. The lowest BCUT2D eigenvalue weighted by atomic mass is 9.75. The van der Waals surface area contributed by atoms with Crippen molar-refractivity contribution in [2.75, 3.05) is 0 Å². The number of esters is 1. The van der Waals surface area contributed by atoms with Gasteiger partial charge in [-0.15, -0.1) is 0 Å². The zero-order valence-electron chi connectivity index (χ0n) is 15.5. The maximum Gasteiger partial charge on any atom is 0.315 e. The summed E-state index contributed by atoms with van der Waals surface area (Å²) in [5.74, 6) is -0.647. The maximum absolute atomic E-state index is 12.7. The molecule has 0 radical (unpaired) electrons. The molecule has 0 spiro atoms. The summed E-state index contributed by atoms with van der Waals surface area (Å²) >= 11 is 0. The molecule has 1 aromatic heterocycles. The third-order valence-electron chi connectivity index (χ3n) is 6.17. The van der Waals surface area contributed by atoms with Crippen LogP contribution in [0.25, 0.3) is 0 Å². The Hall–Kier alpha value is -3.54. The highest BCUT2D eigenvalue weighted by Gasteiger charge is 2.68. The summed E-state index contributed by atoms with van der Waals surface area (Å²) in [7, 11) is 0. The molecule has 0 N–H and O–H groups in total. The molecule has 29 heavy (non-hydrogen) atoms. The zero-order valence-corrected chi connectivity index (χ0v) is 15.5. The van der Waals surface area contributed by atoms with Gasteiger partial charge in [0.2, 0.25) is 0 Å². The molecule has 5 rings (SSSR count). The fourth-order valence-corrected chi connectivity index (χ4v) is 4.93. The molecular formula is C23H18N2O4. The predicted octanol–water partition coefficient (Wildman–Crippen LogP) is 4.33. The quantitative estimate of drug-likeness (QED) is 0.379. The number of carbonyl (C=O) groups is 1. The van der Waals surface area contributed by atoms with Gasteiger partial charge in [-0.05, 0) is 29.2 Å². The molecule has 1 saturated carbocycles. The number of rotatable bonds is 4. The molecule has 0 amide bonds. The van der Waals surface area contributed by atoms with Gasteiger partial charge >= 0.3 is 5.97 Å². The average molecular weight is 386 g/mol. The summed E-state index contributed by atoms with van der Waals surface area (Å²) < 4.78 is 5.79. The minimum atomic E-state index is -0.759. The Morgan fingerprint density at radius 3 is 2.31 bits per heavy atom. The van der Waals surface area contributed by atoms with E-state index in [0.29, 0.717) is 6.42 Å². The highest BCUT2D eigenvalue weighted by molar-refractivity contribution is 5.83. The Morgan fingerprint density at radius 2 is 1.69 bits per heavy atom. The van der Waals surface area contributed by atoms with Crippen molar-refractivity contribution in [1.29, 1.82) is 0 Å². The van der Waals surface area contributed by atoms with Gasteiger partial charge in [0.25, 0.3) is 5.69 Å². The predicted molar refractivity (Wildman–Crippen MR) is 105 cm³/mol. The van der Waals surface area contributed by atoms with Crippen molar-refractivity contribution in [1.82, 2.24) is 4.98 Å². The Kier molecular flexibility index (Phi) is 3.94. The van der Waals surface area contributed by atoms with Gasteiger partial charge in [0.05, 0.1) is 10.6 Å². The lowest BCUT2D eigenvalue weighted by molar-refractivity contribution is -0.384. The van der Waals surface area contributed by atoms with Crippen molar-refractivity contribution in [3.8, 4) is 0 Å². The topological polar surface area (TPSA) is 82.3 Å². The van der Waals surface area contributed by atoms with Gasteiger partial charge < -0.3 is 4.74 Å². The standard InChI is InChI=1S/C23H18N2O4/c26-22-21-20(16-6-2-1-3-7-16)18(15-9-11-17(12-10-15)25(27)28)14-23(21,29-22)19-8-4-5-13-24-19/h1-13,18,20-21H,14H2/t18-,20-,21+,23-/m1/s1. The van der Waals surface area contributed by atoms with Crippen molar-refractivity contribution in [3.05, 3.63) is 106 Å². The van der Waals surface area contributed by atoms with Crippen LogP contribution < -0.4 is 0 Å². The van der Waals surface area contributed by atoms with E-state index in [4.69, 9.17) is 4.74 Å². The van der Waals surface area contributed by atoms with Crippen LogP contribution in [-0.2, 0) is 15.1 Å². The number of hydrogen-bond donors (Lipinski definition) is 0. The van der Waals surface area contributed by atoms with Gasteiger partial charge in [0.15, 0.2) is 5.60 Å². The molecule has 2 aromatic carbocycles. The van der Waals surface area contributed by atoms with E-state index in [1.165, 1.54) is 12.1 Å². The summed E-state index contributed by atoms with van der Waals surface area (Å²) in [6, 6.07) is 22.2. The number of nitrogens with zero attached hydrogens (tertiary/aromatic N) is 2. The molecule has 2 heterocycles. The molecule has 1 aliphatic heterocycles. The lowest BCUT2D eigenvalue weighted by Crippen LogP contribution is -2.53. The Labute approximate surface area is 167 Å². The summed E-state index contributed by atoms with van der Waals surface area (Å²) in [4.78, 5) is 27.8. The molecule has 4 atom stereocenters. The van der Waals surface area contributed by atoms with Crippen LogP contribution in [-0.4, -0.2) is 15.9 Å². The van der Waals surface area contributed by atoms with Crippen LogP contribution in [0.4, 0.5) is 5.69 Å². The SMILES string of the molecule is O=C1O[C@@]2(c3ccccn3)C[C@H](c3ccc([N+](=O)[O-])cc3)[C@@H](c3ccccc3)[C@@H]12. The van der Waals surface area contributed by atoms with Gasteiger partial charge in [-0.2, -0.15) is 0 Å². The highest BCUT2D eigenvalue weighted by Crippen LogP contribution is 2.65. The maximum atomic E-state index is 12.7. The van der Waals surface area contributed by atoms with Crippen molar-refractivity contribution in [2.45, 2.75) is 23.9 Å². The van der Waals surface area contributed by atoms with E-state index in [2.05, 4.69) is 4.98 Å². The van der Waals surface area contributed by atoms with E-state index in [9.17, 15) is 14.9 Å². The minimum absolute atomic E-state index is 0.0170. The molecule has 3 aromatic rings. The van der Waals surface area contributed by atoms with Crippen LogP contribution >= 0.6 is 0 Å². The van der Waals surface area contributed by atoms with E-state index in [0.717, 1.165) is 16.8 Å². The Bertz CT molecular complexity index is 1070. The van der Waals surface area contributed by atoms with Crippen molar-refractivity contribution < 1.29 is 14.5 Å². The number of nitro groups is 1. The number of benzene rings is 2. The number of ether oxygens (including phenoxy) is 1. The minimum Gasteiger partial charge on any atom is -0.451 e. The largest absolute Gasteiger partial charge is 0.451 e. The molecule has 1 saturated heterocycles. The summed E-state index contributed by atoms with van der Waals surface area (Å²) in [5, 5.41) is 11.0. The van der Waals surface area contributed by atoms with Crippen LogP contribution in [0, 0.1) is 16.0 Å². The number of aromatic nitrogens is 1. The summed E-state index contributed by atoms with van der Waals surface area (Å²) in [5.41, 5.74) is 2.08. The number of non-ortho nitro benzene ring substituents is 1. The molecule has 0 unspecified atom stereocenters. The van der Waals surface area contributed by atoms with Crippen LogP contribution in [0.2, 0.25) is 0 Å². The monoisotopic (exact) mass is 386 g/mol. The number of pyridine rings is 1. The molecule has 6 heteroatoms. The van der Waals surface area contributed by atoms with Gasteiger partial charge in [-0.25, -0.2) is 0 Å². The molecule has 1 aliphatic carbocycles. The fourth-order valence-electron chi connectivity index (χ4n) is 4.93. The third-order valence-corrected chi connectivity index (χ3v) is 6.17. The smallest absolute Gasteiger partial charge is 0.315 e. The van der Waals surface area contributed by atoms with Gasteiger partial charge in [0.1, 0.15) is 5.92 Å². The van der Waals surface area contributed by atoms with Crippen LogP contribution in [0.1, 0.15) is 35.1 Å². The average Bonchev–Trinajstić information content (AvgIpc) is 3.04. The molecular weight excluding hydrogens is 368 g/mol. The first-order valence-electron chi connectivity index (χ1n) is 9.54. The van der Waals surface area contributed by atoms with Gasteiger partial charge in [-0.3, -0.25) is 19.9 Å². The first-order chi connectivity index (χ1) is 14.1. The Balaban J connectivity index is 1.63.